The number of methoxy groups -OCH3 is 1. The predicted molar refractivity (Wildman–Crippen MR) is 126 cm³/mol. The highest BCUT2D eigenvalue weighted by Gasteiger charge is 2.44. The average molecular weight is 460 g/mol. The molecule has 32 heavy (non-hydrogen) atoms. The number of carbonyl (C=O) groups excluding carboxylic acids is 1. The molecule has 1 fully saturated rings. The van der Waals surface area contributed by atoms with Crippen molar-refractivity contribution in [3.63, 3.8) is 0 Å². The summed E-state index contributed by atoms with van der Waals surface area (Å²) in [4.78, 5) is 13.0. The Labute approximate surface area is 190 Å². The molecule has 0 heterocycles. The molecule has 0 saturated heterocycles. The molecular weight excluding hydrogens is 426 g/mol. The number of rotatable bonds is 5. The molecule has 7 heteroatoms. The molecule has 1 aliphatic carbocycles. The Morgan fingerprint density at radius 3 is 2.22 bits per heavy atom. The van der Waals surface area contributed by atoms with Crippen molar-refractivity contribution < 1.29 is 23.1 Å². The number of aliphatic hydroxyl groups is 1. The minimum Gasteiger partial charge on any atom is -0.495 e. The lowest BCUT2D eigenvalue weighted by Gasteiger charge is -2.34. The molecule has 0 aromatic heterocycles. The van der Waals surface area contributed by atoms with Gasteiger partial charge in [-0.25, -0.2) is 8.42 Å². The van der Waals surface area contributed by atoms with E-state index in [4.69, 9.17) is 4.74 Å². The predicted octanol–water partition coefficient (Wildman–Crippen LogP) is 4.39. The smallest absolute Gasteiger partial charge is 0.256 e. The van der Waals surface area contributed by atoms with E-state index in [0.717, 1.165) is 11.1 Å². The van der Waals surface area contributed by atoms with E-state index in [1.807, 2.05) is 31.2 Å². The number of amides is 1. The number of sulfone groups is 1. The van der Waals surface area contributed by atoms with E-state index in [2.05, 4.69) is 26.1 Å². The molecular formula is C25H33NO5S. The molecule has 1 amide bonds. The van der Waals surface area contributed by atoms with Crippen molar-refractivity contribution in [3.8, 4) is 5.75 Å². The second-order valence-corrected chi connectivity index (χ2v) is 11.9. The summed E-state index contributed by atoms with van der Waals surface area (Å²) in [6.45, 7) is 8.17. The van der Waals surface area contributed by atoms with Crippen molar-refractivity contribution in [2.24, 2.45) is 0 Å². The fourth-order valence-corrected chi connectivity index (χ4v) is 6.09. The van der Waals surface area contributed by atoms with Crippen LogP contribution in [0.25, 0.3) is 0 Å². The molecule has 2 aromatic rings. The molecule has 2 aromatic carbocycles. The lowest BCUT2D eigenvalue weighted by atomic mass is 9.83. The molecule has 6 nitrogen and oxygen atoms in total. The van der Waals surface area contributed by atoms with E-state index in [9.17, 15) is 18.3 Å². The van der Waals surface area contributed by atoms with Gasteiger partial charge in [-0.15, -0.1) is 0 Å². The Kier molecular flexibility index (Phi) is 6.72. The van der Waals surface area contributed by atoms with Gasteiger partial charge in [0.2, 0.25) is 0 Å². The van der Waals surface area contributed by atoms with Crippen molar-refractivity contribution in [2.75, 3.05) is 12.4 Å². The third kappa shape index (κ3) is 4.99. The summed E-state index contributed by atoms with van der Waals surface area (Å²) in [5, 5.41) is 13.1. The number of aryl methyl sites for hydroxylation is 1. The number of ether oxygens (including phenoxy) is 1. The highest BCUT2D eigenvalue weighted by molar-refractivity contribution is 7.92. The van der Waals surface area contributed by atoms with E-state index < -0.39 is 26.6 Å². The van der Waals surface area contributed by atoms with Gasteiger partial charge in [0.05, 0.1) is 12.4 Å². The Hall–Kier alpha value is -2.38. The molecule has 0 atom stereocenters. The summed E-state index contributed by atoms with van der Waals surface area (Å²) in [5.74, 6) is -0.183. The van der Waals surface area contributed by atoms with Crippen molar-refractivity contribution in [3.05, 3.63) is 53.6 Å². The van der Waals surface area contributed by atoms with Crippen molar-refractivity contribution in [2.45, 2.75) is 74.5 Å². The van der Waals surface area contributed by atoms with Crippen LogP contribution >= 0.6 is 0 Å². The lowest BCUT2D eigenvalue weighted by molar-refractivity contribution is -0.137. The van der Waals surface area contributed by atoms with Crippen LogP contribution in [-0.4, -0.2) is 37.4 Å². The van der Waals surface area contributed by atoms with Crippen LogP contribution in [0.4, 0.5) is 5.69 Å². The summed E-state index contributed by atoms with van der Waals surface area (Å²) in [5.41, 5.74) is 0.992. The first-order valence-corrected chi connectivity index (χ1v) is 12.4. The second-order valence-electron chi connectivity index (χ2n) is 9.71. The van der Waals surface area contributed by atoms with Crippen LogP contribution in [0, 0.1) is 6.92 Å². The highest BCUT2D eigenvalue weighted by Crippen LogP contribution is 2.38. The first-order valence-electron chi connectivity index (χ1n) is 10.9. The van der Waals surface area contributed by atoms with Crippen LogP contribution in [0.1, 0.15) is 57.6 Å². The Morgan fingerprint density at radius 1 is 1.09 bits per heavy atom. The number of anilines is 1. The summed E-state index contributed by atoms with van der Waals surface area (Å²) in [6.07, 6.45) is 0.562. The first-order chi connectivity index (χ1) is 14.9. The molecule has 0 spiro atoms. The molecule has 0 unspecified atom stereocenters. The molecule has 174 valence electrons. The van der Waals surface area contributed by atoms with E-state index in [1.165, 1.54) is 7.11 Å². The number of nitrogens with one attached hydrogen (secondary N) is 1. The molecule has 1 saturated carbocycles. The summed E-state index contributed by atoms with van der Waals surface area (Å²) >= 11 is 0. The van der Waals surface area contributed by atoms with Crippen LogP contribution in [0.15, 0.2) is 47.4 Å². The van der Waals surface area contributed by atoms with Crippen molar-refractivity contribution >= 4 is 21.4 Å². The SMILES string of the molecule is COc1ccc(C)cc1S(=O)(=O)C1CCC(O)(C(=O)Nc2ccc(C(C)(C)C)cc2)CC1. The highest BCUT2D eigenvalue weighted by atomic mass is 32.2. The number of benzene rings is 2. The monoisotopic (exact) mass is 459 g/mol. The van der Waals surface area contributed by atoms with E-state index in [-0.39, 0.29) is 36.0 Å². The van der Waals surface area contributed by atoms with E-state index in [1.54, 1.807) is 18.2 Å². The number of carbonyl (C=O) groups is 1. The third-order valence-electron chi connectivity index (χ3n) is 6.26. The maximum atomic E-state index is 13.2. The maximum Gasteiger partial charge on any atom is 0.256 e. The van der Waals surface area contributed by atoms with Crippen LogP contribution < -0.4 is 10.1 Å². The van der Waals surface area contributed by atoms with Gasteiger partial charge in [-0.05, 0) is 73.4 Å². The van der Waals surface area contributed by atoms with Crippen molar-refractivity contribution in [1.29, 1.82) is 0 Å². The fourth-order valence-electron chi connectivity index (χ4n) is 4.09. The number of hydrogen-bond acceptors (Lipinski definition) is 5. The zero-order valence-corrected chi connectivity index (χ0v) is 20.3. The van der Waals surface area contributed by atoms with Crippen molar-refractivity contribution in [1.82, 2.24) is 0 Å². The zero-order chi connectivity index (χ0) is 23.7. The van der Waals surface area contributed by atoms with Gasteiger partial charge in [0.15, 0.2) is 9.84 Å². The first kappa shape index (κ1) is 24.3. The van der Waals surface area contributed by atoms with Gasteiger partial charge in [0, 0.05) is 5.69 Å². The molecule has 0 bridgehead atoms. The van der Waals surface area contributed by atoms with Gasteiger partial charge in [0.1, 0.15) is 16.2 Å². The summed E-state index contributed by atoms with van der Waals surface area (Å²) in [6, 6.07) is 12.6. The topological polar surface area (TPSA) is 92.7 Å². The second kappa shape index (κ2) is 8.87. The van der Waals surface area contributed by atoms with Gasteiger partial charge in [0.25, 0.3) is 5.91 Å². The van der Waals surface area contributed by atoms with Crippen LogP contribution in [0.2, 0.25) is 0 Å². The van der Waals surface area contributed by atoms with E-state index in [0.29, 0.717) is 11.4 Å². The summed E-state index contributed by atoms with van der Waals surface area (Å²) < 4.78 is 31.7. The van der Waals surface area contributed by atoms with Gasteiger partial charge in [-0.3, -0.25) is 4.79 Å². The fraction of sp³-hybridized carbons (Fsp3) is 0.480. The van der Waals surface area contributed by atoms with Crippen LogP contribution in [0.3, 0.4) is 0 Å². The zero-order valence-electron chi connectivity index (χ0n) is 19.4. The summed E-state index contributed by atoms with van der Waals surface area (Å²) in [7, 11) is -2.20. The number of hydrogen-bond donors (Lipinski definition) is 2. The lowest BCUT2D eigenvalue weighted by Crippen LogP contribution is -2.47. The van der Waals surface area contributed by atoms with Gasteiger partial charge in [-0.1, -0.05) is 39.0 Å². The minimum atomic E-state index is -3.65. The quantitative estimate of drug-likeness (QED) is 0.692. The molecule has 0 radical (unpaired) electrons. The minimum absolute atomic E-state index is 0.00455. The Balaban J connectivity index is 1.70. The Bertz CT molecular complexity index is 1080. The Morgan fingerprint density at radius 2 is 1.69 bits per heavy atom. The van der Waals surface area contributed by atoms with Gasteiger partial charge >= 0.3 is 0 Å². The largest absolute Gasteiger partial charge is 0.495 e. The molecule has 0 aliphatic heterocycles. The van der Waals surface area contributed by atoms with E-state index >= 15 is 0 Å². The third-order valence-corrected chi connectivity index (χ3v) is 8.54. The molecule has 1 aliphatic rings. The normalized spacial score (nSPS) is 21.8. The standard InChI is InChI=1S/C25H33NO5S/c1-17-6-11-21(31-5)22(16-17)32(29,30)20-12-14-25(28,15-13-20)23(27)26-19-9-7-18(8-10-19)24(2,3)4/h6-11,16,20,28H,12-15H2,1-5H3,(H,26,27). The molecule has 2 N–H and O–H groups in total. The molecule has 3 rings (SSSR count). The van der Waals surface area contributed by atoms with Crippen LogP contribution in [-0.2, 0) is 20.0 Å². The van der Waals surface area contributed by atoms with Crippen LogP contribution in [0.5, 0.6) is 5.75 Å². The average Bonchev–Trinajstić information content (AvgIpc) is 2.73. The van der Waals surface area contributed by atoms with Gasteiger partial charge in [-0.2, -0.15) is 0 Å². The maximum absolute atomic E-state index is 13.2. The van der Waals surface area contributed by atoms with Gasteiger partial charge < -0.3 is 15.2 Å².